The van der Waals surface area contributed by atoms with Gasteiger partial charge in [0.2, 0.25) is 0 Å². The van der Waals surface area contributed by atoms with Gasteiger partial charge in [-0.2, -0.15) is 0 Å². The first-order valence-electron chi connectivity index (χ1n) is 33.8. The third-order valence-electron chi connectivity index (χ3n) is 15.0. The van der Waals surface area contributed by atoms with Crippen molar-refractivity contribution in [1.82, 2.24) is 0 Å². The lowest BCUT2D eigenvalue weighted by atomic mass is 10.0. The van der Waals surface area contributed by atoms with Crippen LogP contribution >= 0.6 is 0 Å². The van der Waals surface area contributed by atoms with Crippen molar-refractivity contribution >= 4 is 17.9 Å². The Balaban J connectivity index is 4.26. The normalized spacial score (nSPS) is 12.4. The maximum absolute atomic E-state index is 12.9. The van der Waals surface area contributed by atoms with E-state index in [2.05, 4.69) is 81.5 Å². The van der Waals surface area contributed by atoms with Crippen LogP contribution in [0.3, 0.4) is 0 Å². The summed E-state index contributed by atoms with van der Waals surface area (Å²) < 4.78 is 16.9. The molecule has 1 unspecified atom stereocenters. The highest BCUT2D eigenvalue weighted by molar-refractivity contribution is 5.71. The monoisotopic (exact) mass is 1080 g/mol. The van der Waals surface area contributed by atoms with Crippen molar-refractivity contribution in [1.29, 1.82) is 0 Å². The fraction of sp³-hybridized carbons (Fsp3) is 0.817. The molecule has 0 aromatic carbocycles. The molecular weight excluding hydrogens is 949 g/mol. The third kappa shape index (κ3) is 63.8. The average Bonchev–Trinajstić information content (AvgIpc) is 3.43. The maximum atomic E-state index is 12.9. The first kappa shape index (κ1) is 74.1. The van der Waals surface area contributed by atoms with Crippen molar-refractivity contribution in [3.63, 3.8) is 0 Å². The van der Waals surface area contributed by atoms with Gasteiger partial charge in [0.05, 0.1) is 0 Å². The number of ether oxygens (including phenoxy) is 3. The van der Waals surface area contributed by atoms with Crippen LogP contribution in [0.2, 0.25) is 0 Å². The Morgan fingerprint density at radius 3 is 0.805 bits per heavy atom. The zero-order valence-electron chi connectivity index (χ0n) is 51.5. The standard InChI is InChI=1S/C71H128O6/c1-4-7-10-13-16-19-22-25-28-30-31-32-33-34-35-36-37-38-39-41-43-46-49-52-55-58-61-64-70(73)76-67-68(66-75-69(72)63-60-57-54-51-48-45-42-27-24-21-18-15-12-9-6-3)77-71(74)65-62-59-56-53-50-47-44-40-29-26-23-20-17-14-11-8-5-2/h8,11,17,20,26-27,29,42,44,47,68H,4-7,9-10,12-16,18-19,21-25,28,30-41,43,45-46,48-67H2,1-3H3/b11-8-,20-17-,29-26-,42-27-,47-44-. The van der Waals surface area contributed by atoms with Crippen molar-refractivity contribution in [2.45, 2.75) is 361 Å². The highest BCUT2D eigenvalue weighted by Crippen LogP contribution is 2.18. The second-order valence-electron chi connectivity index (χ2n) is 22.7. The summed E-state index contributed by atoms with van der Waals surface area (Å²) in [7, 11) is 0. The van der Waals surface area contributed by atoms with E-state index in [4.69, 9.17) is 14.2 Å². The molecule has 0 aromatic heterocycles. The van der Waals surface area contributed by atoms with E-state index in [-0.39, 0.29) is 31.1 Å². The Kier molecular flexibility index (Phi) is 63.2. The Hall–Kier alpha value is -2.89. The molecule has 0 fully saturated rings. The molecule has 0 saturated heterocycles. The number of allylic oxidation sites excluding steroid dienone is 10. The number of rotatable bonds is 62. The van der Waals surface area contributed by atoms with Gasteiger partial charge in [-0.1, -0.05) is 313 Å². The molecule has 0 aliphatic rings. The van der Waals surface area contributed by atoms with Gasteiger partial charge in [-0.25, -0.2) is 0 Å². The van der Waals surface area contributed by atoms with E-state index >= 15 is 0 Å². The molecule has 0 aromatic rings. The van der Waals surface area contributed by atoms with Gasteiger partial charge < -0.3 is 14.2 Å². The first-order valence-corrected chi connectivity index (χ1v) is 33.8. The summed E-state index contributed by atoms with van der Waals surface area (Å²) in [5.74, 6) is -0.897. The molecule has 0 saturated carbocycles. The molecule has 0 aliphatic carbocycles. The molecule has 77 heavy (non-hydrogen) atoms. The van der Waals surface area contributed by atoms with Crippen molar-refractivity contribution in [2.75, 3.05) is 13.2 Å². The second-order valence-corrected chi connectivity index (χ2v) is 22.7. The number of unbranched alkanes of at least 4 members (excludes halogenated alkanes) is 41. The van der Waals surface area contributed by atoms with E-state index in [1.165, 1.54) is 212 Å². The Bertz CT molecular complexity index is 1380. The minimum Gasteiger partial charge on any atom is -0.462 e. The smallest absolute Gasteiger partial charge is 0.306 e. The number of carbonyl (C=O) groups is 3. The molecular formula is C71H128O6. The molecule has 6 nitrogen and oxygen atoms in total. The largest absolute Gasteiger partial charge is 0.462 e. The summed E-state index contributed by atoms with van der Waals surface area (Å²) in [6, 6.07) is 0. The molecule has 0 aliphatic heterocycles. The molecule has 6 heteroatoms. The van der Waals surface area contributed by atoms with Gasteiger partial charge in [-0.3, -0.25) is 14.4 Å². The summed E-state index contributed by atoms with van der Waals surface area (Å²) in [4.78, 5) is 38.3. The van der Waals surface area contributed by atoms with Crippen LogP contribution in [0.25, 0.3) is 0 Å². The summed E-state index contributed by atoms with van der Waals surface area (Å²) in [5, 5.41) is 0. The van der Waals surface area contributed by atoms with E-state index in [1.54, 1.807) is 0 Å². The summed E-state index contributed by atoms with van der Waals surface area (Å²) in [6.45, 7) is 6.55. The number of esters is 3. The Morgan fingerprint density at radius 2 is 0.506 bits per heavy atom. The van der Waals surface area contributed by atoms with Gasteiger partial charge in [0.15, 0.2) is 6.10 Å². The van der Waals surface area contributed by atoms with Gasteiger partial charge in [0, 0.05) is 19.3 Å². The molecule has 448 valence electrons. The lowest BCUT2D eigenvalue weighted by Crippen LogP contribution is -2.30. The molecule has 0 N–H and O–H groups in total. The molecule has 1 atom stereocenters. The number of hydrogen-bond donors (Lipinski definition) is 0. The van der Waals surface area contributed by atoms with Crippen molar-refractivity contribution in [3.05, 3.63) is 60.8 Å². The fourth-order valence-corrected chi connectivity index (χ4v) is 9.96. The van der Waals surface area contributed by atoms with Gasteiger partial charge in [0.25, 0.3) is 0 Å². The van der Waals surface area contributed by atoms with E-state index in [9.17, 15) is 14.4 Å². The van der Waals surface area contributed by atoms with Crippen molar-refractivity contribution < 1.29 is 28.6 Å². The first-order chi connectivity index (χ1) is 38.0. The van der Waals surface area contributed by atoms with Crippen LogP contribution in [0.4, 0.5) is 0 Å². The maximum Gasteiger partial charge on any atom is 0.306 e. The van der Waals surface area contributed by atoms with E-state index in [0.29, 0.717) is 19.3 Å². The molecule has 0 amide bonds. The highest BCUT2D eigenvalue weighted by Gasteiger charge is 2.19. The molecule has 0 rings (SSSR count). The average molecular weight is 1080 g/mol. The van der Waals surface area contributed by atoms with E-state index < -0.39 is 6.10 Å². The fourth-order valence-electron chi connectivity index (χ4n) is 9.96. The summed E-state index contributed by atoms with van der Waals surface area (Å²) >= 11 is 0. The molecule has 0 radical (unpaired) electrons. The van der Waals surface area contributed by atoms with Gasteiger partial charge in [-0.15, -0.1) is 0 Å². The van der Waals surface area contributed by atoms with Crippen LogP contribution in [0.15, 0.2) is 60.8 Å². The summed E-state index contributed by atoms with van der Waals surface area (Å²) in [6.07, 6.45) is 83.9. The minimum atomic E-state index is -0.790. The number of hydrogen-bond acceptors (Lipinski definition) is 6. The van der Waals surface area contributed by atoms with Gasteiger partial charge >= 0.3 is 17.9 Å². The van der Waals surface area contributed by atoms with E-state index in [0.717, 1.165) is 103 Å². The van der Waals surface area contributed by atoms with E-state index in [1.807, 2.05) is 0 Å². The van der Waals surface area contributed by atoms with Crippen LogP contribution in [-0.4, -0.2) is 37.2 Å². The Labute approximate surface area is 479 Å². The predicted molar refractivity (Wildman–Crippen MR) is 335 cm³/mol. The second kappa shape index (κ2) is 65.6. The van der Waals surface area contributed by atoms with Gasteiger partial charge in [0.1, 0.15) is 13.2 Å². The molecule has 0 heterocycles. The van der Waals surface area contributed by atoms with Crippen LogP contribution < -0.4 is 0 Å². The van der Waals surface area contributed by atoms with Crippen LogP contribution in [0.5, 0.6) is 0 Å². The highest BCUT2D eigenvalue weighted by atomic mass is 16.6. The van der Waals surface area contributed by atoms with Gasteiger partial charge in [-0.05, 0) is 83.5 Å². The van der Waals surface area contributed by atoms with Crippen LogP contribution in [0, 0.1) is 0 Å². The number of carbonyl (C=O) groups excluding carboxylic acids is 3. The zero-order chi connectivity index (χ0) is 55.7. The minimum absolute atomic E-state index is 0.0837. The quantitative estimate of drug-likeness (QED) is 0.0261. The topological polar surface area (TPSA) is 78.9 Å². The molecule has 0 bridgehead atoms. The summed E-state index contributed by atoms with van der Waals surface area (Å²) in [5.41, 5.74) is 0. The lowest BCUT2D eigenvalue weighted by molar-refractivity contribution is -0.167. The molecule has 0 spiro atoms. The van der Waals surface area contributed by atoms with Crippen LogP contribution in [0.1, 0.15) is 355 Å². The van der Waals surface area contributed by atoms with Crippen molar-refractivity contribution in [2.24, 2.45) is 0 Å². The van der Waals surface area contributed by atoms with Crippen LogP contribution in [-0.2, 0) is 28.6 Å². The zero-order valence-corrected chi connectivity index (χ0v) is 51.5. The Morgan fingerprint density at radius 1 is 0.273 bits per heavy atom. The third-order valence-corrected chi connectivity index (χ3v) is 15.0. The lowest BCUT2D eigenvalue weighted by Gasteiger charge is -2.18. The predicted octanol–water partition coefficient (Wildman–Crippen LogP) is 23.1. The van der Waals surface area contributed by atoms with Crippen molar-refractivity contribution in [3.8, 4) is 0 Å². The SMILES string of the molecule is CC/C=C\C/C=C\C/C=C\C/C=C\CCCCCCC(=O)OC(COC(=O)CCCCCCC/C=C\CCCCCCCC)COC(=O)CCCCCCCCCCCCCCCCCCCCCCCCCCCCC.